The zero-order valence-corrected chi connectivity index (χ0v) is 52.8. The molecule has 1 atom stereocenters. The van der Waals surface area contributed by atoms with Crippen molar-refractivity contribution in [2.45, 2.75) is 425 Å². The molecule has 0 radical (unpaired) electrons. The Morgan fingerprint density at radius 3 is 0.519 bits per heavy atom. The summed E-state index contributed by atoms with van der Waals surface area (Å²) in [4.78, 5) is 38.4. The lowest BCUT2D eigenvalue weighted by molar-refractivity contribution is -0.167. The Bertz CT molecular complexity index is 1160. The first kappa shape index (κ1) is 75.4. The summed E-state index contributed by atoms with van der Waals surface area (Å²) in [5, 5.41) is 0. The standard InChI is InChI=1S/C71H138O6/c1-4-7-10-13-16-19-22-25-28-30-32-33-34-35-36-37-38-39-41-43-46-49-52-55-58-61-64-70(73)76-67-68(66-75-69(72)63-60-57-54-51-48-45-42-27-24-21-18-15-12-9-6-3)77-71(74)65-62-59-56-53-50-47-44-40-31-29-26-23-20-17-14-11-8-5-2/h68H,4-67H2,1-3H3. The van der Waals surface area contributed by atoms with E-state index in [1.54, 1.807) is 0 Å². The molecule has 0 aliphatic rings. The molecular formula is C71H138O6. The van der Waals surface area contributed by atoms with E-state index in [1.165, 1.54) is 321 Å². The van der Waals surface area contributed by atoms with Gasteiger partial charge in [0.15, 0.2) is 6.10 Å². The molecule has 0 saturated heterocycles. The van der Waals surface area contributed by atoms with Crippen LogP contribution < -0.4 is 0 Å². The van der Waals surface area contributed by atoms with E-state index in [2.05, 4.69) is 20.8 Å². The van der Waals surface area contributed by atoms with Crippen molar-refractivity contribution in [3.8, 4) is 0 Å². The van der Waals surface area contributed by atoms with Crippen LogP contribution >= 0.6 is 0 Å². The molecule has 0 aromatic rings. The number of esters is 3. The number of rotatable bonds is 67. The minimum Gasteiger partial charge on any atom is -0.462 e. The van der Waals surface area contributed by atoms with Crippen molar-refractivity contribution < 1.29 is 28.6 Å². The normalized spacial score (nSPS) is 11.9. The number of carbonyl (C=O) groups is 3. The third kappa shape index (κ3) is 65.1. The monoisotopic (exact) mass is 1090 g/mol. The van der Waals surface area contributed by atoms with Crippen molar-refractivity contribution in [2.24, 2.45) is 0 Å². The molecule has 0 rings (SSSR count). The fourth-order valence-electron chi connectivity index (χ4n) is 11.3. The Morgan fingerprint density at radius 2 is 0.351 bits per heavy atom. The van der Waals surface area contributed by atoms with E-state index in [0.29, 0.717) is 19.3 Å². The molecule has 0 aliphatic heterocycles. The van der Waals surface area contributed by atoms with Gasteiger partial charge in [-0.3, -0.25) is 14.4 Å². The molecule has 0 aliphatic carbocycles. The molecule has 0 amide bonds. The predicted molar refractivity (Wildman–Crippen MR) is 335 cm³/mol. The first-order valence-electron chi connectivity index (χ1n) is 35.5. The lowest BCUT2D eigenvalue weighted by Crippen LogP contribution is -2.30. The minimum absolute atomic E-state index is 0.0601. The second-order valence-electron chi connectivity index (χ2n) is 24.5. The second-order valence-corrected chi connectivity index (χ2v) is 24.5. The lowest BCUT2D eigenvalue weighted by atomic mass is 10.0. The molecule has 0 fully saturated rings. The smallest absolute Gasteiger partial charge is 0.306 e. The van der Waals surface area contributed by atoms with Gasteiger partial charge in [0.2, 0.25) is 0 Å². The van der Waals surface area contributed by atoms with Gasteiger partial charge in [-0.25, -0.2) is 0 Å². The molecule has 0 bridgehead atoms. The molecule has 0 spiro atoms. The van der Waals surface area contributed by atoms with Gasteiger partial charge < -0.3 is 14.2 Å². The quantitative estimate of drug-likeness (QED) is 0.0343. The van der Waals surface area contributed by atoms with Gasteiger partial charge in [0.1, 0.15) is 13.2 Å². The number of unbranched alkanes of at least 4 members (excludes halogenated alkanes) is 56. The summed E-state index contributed by atoms with van der Waals surface area (Å²) in [5.41, 5.74) is 0. The van der Waals surface area contributed by atoms with Crippen LogP contribution in [0.3, 0.4) is 0 Å². The number of carbonyl (C=O) groups excluding carboxylic acids is 3. The number of hydrogen-bond acceptors (Lipinski definition) is 6. The van der Waals surface area contributed by atoms with Crippen LogP contribution in [0.1, 0.15) is 419 Å². The molecule has 77 heavy (non-hydrogen) atoms. The second kappa shape index (κ2) is 66.9. The largest absolute Gasteiger partial charge is 0.462 e. The highest BCUT2D eigenvalue weighted by Gasteiger charge is 2.19. The summed E-state index contributed by atoms with van der Waals surface area (Å²) >= 11 is 0. The molecule has 0 heterocycles. The highest BCUT2D eigenvalue weighted by Crippen LogP contribution is 2.19. The first-order chi connectivity index (χ1) is 38.0. The zero-order valence-electron chi connectivity index (χ0n) is 52.8. The SMILES string of the molecule is CCCCCCCCCCCCCCCCCCCCCCCCCCCCC(=O)OCC(COC(=O)CCCCCCCCCCCCCCCCC)OC(=O)CCCCCCCCCCCCCCCCCCCC. The first-order valence-corrected chi connectivity index (χ1v) is 35.5. The van der Waals surface area contributed by atoms with Crippen molar-refractivity contribution in [1.82, 2.24) is 0 Å². The average Bonchev–Trinajstić information content (AvgIpc) is 3.43. The van der Waals surface area contributed by atoms with E-state index in [1.807, 2.05) is 0 Å². The highest BCUT2D eigenvalue weighted by atomic mass is 16.6. The van der Waals surface area contributed by atoms with Gasteiger partial charge in [0.05, 0.1) is 0 Å². The van der Waals surface area contributed by atoms with E-state index in [0.717, 1.165) is 57.8 Å². The number of ether oxygens (including phenoxy) is 3. The maximum atomic E-state index is 12.9. The van der Waals surface area contributed by atoms with E-state index in [4.69, 9.17) is 14.2 Å². The minimum atomic E-state index is -0.763. The lowest BCUT2D eigenvalue weighted by Gasteiger charge is -2.18. The molecule has 6 nitrogen and oxygen atoms in total. The molecular weight excluding hydrogens is 949 g/mol. The summed E-state index contributed by atoms with van der Waals surface area (Å²) in [6.45, 7) is 6.75. The summed E-state index contributed by atoms with van der Waals surface area (Å²) in [7, 11) is 0. The van der Waals surface area contributed by atoms with Crippen LogP contribution in [0.4, 0.5) is 0 Å². The van der Waals surface area contributed by atoms with Crippen LogP contribution in [0.2, 0.25) is 0 Å². The molecule has 458 valence electrons. The maximum absolute atomic E-state index is 12.9. The fourth-order valence-corrected chi connectivity index (χ4v) is 11.3. The predicted octanol–water partition coefficient (Wildman–Crippen LogP) is 24.2. The molecule has 6 heteroatoms. The maximum Gasteiger partial charge on any atom is 0.306 e. The molecule has 0 aromatic heterocycles. The molecule has 0 N–H and O–H groups in total. The van der Waals surface area contributed by atoms with E-state index in [-0.39, 0.29) is 31.1 Å². The summed E-state index contributed by atoms with van der Waals surface area (Å²) in [5.74, 6) is -0.819. The van der Waals surface area contributed by atoms with Crippen molar-refractivity contribution in [3.63, 3.8) is 0 Å². The Labute approximate surface area is 482 Å². The van der Waals surface area contributed by atoms with E-state index >= 15 is 0 Å². The van der Waals surface area contributed by atoms with Crippen LogP contribution in [0, 0.1) is 0 Å². The highest BCUT2D eigenvalue weighted by molar-refractivity contribution is 5.71. The fraction of sp³-hybridized carbons (Fsp3) is 0.958. The molecule has 0 aromatic carbocycles. The summed E-state index contributed by atoms with van der Waals surface area (Å²) in [6, 6.07) is 0. The van der Waals surface area contributed by atoms with Crippen LogP contribution in [-0.2, 0) is 28.6 Å². The van der Waals surface area contributed by atoms with Crippen LogP contribution in [0.25, 0.3) is 0 Å². The number of hydrogen-bond donors (Lipinski definition) is 0. The zero-order chi connectivity index (χ0) is 55.7. The van der Waals surface area contributed by atoms with E-state index in [9.17, 15) is 14.4 Å². The van der Waals surface area contributed by atoms with Gasteiger partial charge in [-0.2, -0.15) is 0 Å². The van der Waals surface area contributed by atoms with Gasteiger partial charge in [0.25, 0.3) is 0 Å². The van der Waals surface area contributed by atoms with Gasteiger partial charge in [-0.1, -0.05) is 380 Å². The van der Waals surface area contributed by atoms with E-state index < -0.39 is 6.10 Å². The summed E-state index contributed by atoms with van der Waals surface area (Å²) in [6.07, 6.45) is 78.5. The third-order valence-electron chi connectivity index (χ3n) is 16.6. The van der Waals surface area contributed by atoms with Crippen LogP contribution in [0.5, 0.6) is 0 Å². The van der Waals surface area contributed by atoms with Gasteiger partial charge in [0, 0.05) is 19.3 Å². The van der Waals surface area contributed by atoms with Gasteiger partial charge >= 0.3 is 17.9 Å². The van der Waals surface area contributed by atoms with Crippen molar-refractivity contribution >= 4 is 17.9 Å². The van der Waals surface area contributed by atoms with Gasteiger partial charge in [-0.05, 0) is 19.3 Å². The Kier molecular flexibility index (Phi) is 65.5. The van der Waals surface area contributed by atoms with Gasteiger partial charge in [-0.15, -0.1) is 0 Å². The van der Waals surface area contributed by atoms with Crippen molar-refractivity contribution in [1.29, 1.82) is 0 Å². The Hall–Kier alpha value is -1.59. The van der Waals surface area contributed by atoms with Crippen LogP contribution in [-0.4, -0.2) is 37.2 Å². The van der Waals surface area contributed by atoms with Crippen LogP contribution in [0.15, 0.2) is 0 Å². The molecule has 1 unspecified atom stereocenters. The average molecular weight is 1090 g/mol. The summed E-state index contributed by atoms with van der Waals surface area (Å²) < 4.78 is 17.0. The Morgan fingerprint density at radius 1 is 0.208 bits per heavy atom. The molecule has 0 saturated carbocycles. The Balaban J connectivity index is 4.19. The third-order valence-corrected chi connectivity index (χ3v) is 16.6. The van der Waals surface area contributed by atoms with Crippen molar-refractivity contribution in [3.05, 3.63) is 0 Å². The van der Waals surface area contributed by atoms with Crippen molar-refractivity contribution in [2.75, 3.05) is 13.2 Å². The topological polar surface area (TPSA) is 78.9 Å².